The SMILES string of the molecule is COc1ccc(F)cc1CN1CCS(=O)(=O)C[C@@H]1c1ccccc1. The number of hydrogen-bond donors (Lipinski definition) is 0. The van der Waals surface area contributed by atoms with Crippen molar-refractivity contribution in [2.45, 2.75) is 12.6 Å². The summed E-state index contributed by atoms with van der Waals surface area (Å²) in [6, 6.07) is 13.7. The van der Waals surface area contributed by atoms with Gasteiger partial charge in [-0.25, -0.2) is 12.8 Å². The lowest BCUT2D eigenvalue weighted by atomic mass is 10.1. The maximum Gasteiger partial charge on any atom is 0.153 e. The molecule has 2 aromatic carbocycles. The summed E-state index contributed by atoms with van der Waals surface area (Å²) in [6.45, 7) is 0.859. The van der Waals surface area contributed by atoms with Gasteiger partial charge in [-0.15, -0.1) is 0 Å². The first kappa shape index (κ1) is 16.9. The summed E-state index contributed by atoms with van der Waals surface area (Å²) in [5.41, 5.74) is 1.67. The van der Waals surface area contributed by atoms with Crippen LogP contribution < -0.4 is 4.74 Å². The predicted octanol–water partition coefficient (Wildman–Crippen LogP) is 2.81. The van der Waals surface area contributed by atoms with Crippen molar-refractivity contribution in [3.05, 3.63) is 65.5 Å². The second-order valence-corrected chi connectivity index (χ2v) is 8.20. The zero-order chi connectivity index (χ0) is 17.2. The molecule has 0 aliphatic carbocycles. The van der Waals surface area contributed by atoms with E-state index < -0.39 is 9.84 Å². The van der Waals surface area contributed by atoms with Crippen LogP contribution >= 0.6 is 0 Å². The number of nitrogens with zero attached hydrogens (tertiary/aromatic N) is 1. The van der Waals surface area contributed by atoms with E-state index in [1.54, 1.807) is 13.2 Å². The second kappa shape index (κ2) is 6.91. The molecule has 6 heteroatoms. The fourth-order valence-electron chi connectivity index (χ4n) is 3.10. The average molecular weight is 349 g/mol. The van der Waals surface area contributed by atoms with Crippen molar-refractivity contribution in [3.8, 4) is 5.75 Å². The van der Waals surface area contributed by atoms with Gasteiger partial charge in [-0.05, 0) is 23.8 Å². The van der Waals surface area contributed by atoms with Crippen LogP contribution in [-0.2, 0) is 16.4 Å². The van der Waals surface area contributed by atoms with Crippen molar-refractivity contribution in [2.24, 2.45) is 0 Å². The second-order valence-electron chi connectivity index (χ2n) is 5.97. The van der Waals surface area contributed by atoms with Gasteiger partial charge < -0.3 is 4.74 Å². The molecule has 0 saturated carbocycles. The first-order chi connectivity index (χ1) is 11.5. The van der Waals surface area contributed by atoms with Crippen LogP contribution in [0.1, 0.15) is 17.2 Å². The summed E-state index contributed by atoms with van der Waals surface area (Å²) in [5, 5.41) is 0. The Hall–Kier alpha value is -1.92. The lowest BCUT2D eigenvalue weighted by Gasteiger charge is -2.36. The monoisotopic (exact) mass is 349 g/mol. The molecule has 1 saturated heterocycles. The van der Waals surface area contributed by atoms with Crippen LogP contribution in [0.3, 0.4) is 0 Å². The standard InChI is InChI=1S/C18H20FNO3S/c1-23-18-8-7-16(19)11-15(18)12-20-9-10-24(21,22)13-17(20)14-5-3-2-4-6-14/h2-8,11,17H,9-10,12-13H2,1H3/t17-/m1/s1. The maximum atomic E-state index is 13.6. The lowest BCUT2D eigenvalue weighted by molar-refractivity contribution is 0.203. The van der Waals surface area contributed by atoms with E-state index in [4.69, 9.17) is 4.74 Å². The quantitative estimate of drug-likeness (QED) is 0.852. The molecule has 1 atom stereocenters. The molecule has 0 N–H and O–H groups in total. The molecule has 0 unspecified atom stereocenters. The van der Waals surface area contributed by atoms with Crippen LogP contribution in [0.25, 0.3) is 0 Å². The highest BCUT2D eigenvalue weighted by Gasteiger charge is 2.32. The zero-order valence-electron chi connectivity index (χ0n) is 13.5. The van der Waals surface area contributed by atoms with E-state index in [1.165, 1.54) is 12.1 Å². The van der Waals surface area contributed by atoms with Crippen molar-refractivity contribution < 1.29 is 17.5 Å². The summed E-state index contributed by atoms with van der Waals surface area (Å²) >= 11 is 0. The molecule has 3 rings (SSSR count). The van der Waals surface area contributed by atoms with Gasteiger partial charge in [0.25, 0.3) is 0 Å². The minimum atomic E-state index is -3.08. The summed E-state index contributed by atoms with van der Waals surface area (Å²) in [7, 11) is -1.53. The third-order valence-electron chi connectivity index (χ3n) is 4.34. The van der Waals surface area contributed by atoms with Crippen LogP contribution in [0.15, 0.2) is 48.5 Å². The molecule has 4 nitrogen and oxygen atoms in total. The Morgan fingerprint density at radius 3 is 2.67 bits per heavy atom. The van der Waals surface area contributed by atoms with E-state index in [-0.39, 0.29) is 23.4 Å². The molecule has 1 aliphatic heterocycles. The van der Waals surface area contributed by atoms with Crippen LogP contribution in [0, 0.1) is 5.82 Å². The number of sulfone groups is 1. The molecule has 1 fully saturated rings. The molecule has 0 spiro atoms. The first-order valence-electron chi connectivity index (χ1n) is 7.80. The Morgan fingerprint density at radius 2 is 1.96 bits per heavy atom. The van der Waals surface area contributed by atoms with Crippen molar-refractivity contribution >= 4 is 9.84 Å². The Balaban J connectivity index is 1.92. The van der Waals surface area contributed by atoms with Gasteiger partial charge >= 0.3 is 0 Å². The average Bonchev–Trinajstić information content (AvgIpc) is 2.57. The molecule has 0 bridgehead atoms. The number of benzene rings is 2. The summed E-state index contributed by atoms with van der Waals surface area (Å²) in [4.78, 5) is 2.08. The van der Waals surface area contributed by atoms with E-state index in [0.29, 0.717) is 18.8 Å². The molecule has 1 aliphatic rings. The number of rotatable bonds is 4. The fraction of sp³-hybridized carbons (Fsp3) is 0.333. The van der Waals surface area contributed by atoms with Gasteiger partial charge in [0.05, 0.1) is 18.6 Å². The molecule has 0 radical (unpaired) electrons. The molecule has 0 amide bonds. The minimum absolute atomic E-state index is 0.0780. The topological polar surface area (TPSA) is 46.6 Å². The van der Waals surface area contributed by atoms with E-state index in [1.807, 2.05) is 30.3 Å². The van der Waals surface area contributed by atoms with Crippen molar-refractivity contribution in [2.75, 3.05) is 25.2 Å². The van der Waals surface area contributed by atoms with E-state index in [2.05, 4.69) is 4.90 Å². The van der Waals surface area contributed by atoms with E-state index in [0.717, 1.165) is 11.1 Å². The van der Waals surface area contributed by atoms with Gasteiger partial charge in [0.1, 0.15) is 11.6 Å². The van der Waals surface area contributed by atoms with Gasteiger partial charge in [-0.1, -0.05) is 30.3 Å². The van der Waals surface area contributed by atoms with Gasteiger partial charge in [0.2, 0.25) is 0 Å². The predicted molar refractivity (Wildman–Crippen MR) is 91.2 cm³/mol. The Labute approximate surface area is 141 Å². The largest absolute Gasteiger partial charge is 0.496 e. The number of hydrogen-bond acceptors (Lipinski definition) is 4. The zero-order valence-corrected chi connectivity index (χ0v) is 14.3. The minimum Gasteiger partial charge on any atom is -0.496 e. The van der Waals surface area contributed by atoms with E-state index >= 15 is 0 Å². The van der Waals surface area contributed by atoms with Crippen molar-refractivity contribution in [3.63, 3.8) is 0 Å². The van der Waals surface area contributed by atoms with Gasteiger partial charge in [-0.3, -0.25) is 4.90 Å². The van der Waals surface area contributed by atoms with Gasteiger partial charge in [-0.2, -0.15) is 0 Å². The number of ether oxygens (including phenoxy) is 1. The highest BCUT2D eigenvalue weighted by Crippen LogP contribution is 2.30. The highest BCUT2D eigenvalue weighted by molar-refractivity contribution is 7.91. The molecule has 128 valence electrons. The molecule has 2 aromatic rings. The summed E-state index contributed by atoms with van der Waals surface area (Å²) < 4.78 is 43.1. The smallest absolute Gasteiger partial charge is 0.153 e. The van der Waals surface area contributed by atoms with Crippen LogP contribution in [-0.4, -0.2) is 38.5 Å². The van der Waals surface area contributed by atoms with Gasteiger partial charge in [0.15, 0.2) is 9.84 Å². The maximum absolute atomic E-state index is 13.6. The fourth-order valence-corrected chi connectivity index (χ4v) is 4.67. The molecular formula is C18H20FNO3S. The van der Waals surface area contributed by atoms with Gasteiger partial charge in [0, 0.05) is 24.7 Å². The lowest BCUT2D eigenvalue weighted by Crippen LogP contribution is -2.42. The Kier molecular flexibility index (Phi) is 4.87. The summed E-state index contributed by atoms with van der Waals surface area (Å²) in [5.74, 6) is 0.478. The third-order valence-corrected chi connectivity index (χ3v) is 5.97. The Bertz CT molecular complexity index is 808. The molecule has 0 aromatic heterocycles. The van der Waals surface area contributed by atoms with Crippen LogP contribution in [0.5, 0.6) is 5.75 Å². The van der Waals surface area contributed by atoms with E-state index in [9.17, 15) is 12.8 Å². The Morgan fingerprint density at radius 1 is 1.21 bits per heavy atom. The number of halogens is 1. The van der Waals surface area contributed by atoms with Crippen molar-refractivity contribution in [1.82, 2.24) is 4.90 Å². The highest BCUT2D eigenvalue weighted by atomic mass is 32.2. The third kappa shape index (κ3) is 3.76. The summed E-state index contributed by atoms with van der Waals surface area (Å²) in [6.07, 6.45) is 0. The molecule has 24 heavy (non-hydrogen) atoms. The molecular weight excluding hydrogens is 329 g/mol. The van der Waals surface area contributed by atoms with Crippen LogP contribution in [0.2, 0.25) is 0 Å². The van der Waals surface area contributed by atoms with Crippen LogP contribution in [0.4, 0.5) is 4.39 Å². The molecule has 1 heterocycles. The first-order valence-corrected chi connectivity index (χ1v) is 9.62. The van der Waals surface area contributed by atoms with Crippen molar-refractivity contribution in [1.29, 1.82) is 0 Å². The normalized spacial score (nSPS) is 20.7. The number of methoxy groups -OCH3 is 1.